The zero-order valence-corrected chi connectivity index (χ0v) is 13.3. The summed E-state index contributed by atoms with van der Waals surface area (Å²) in [4.78, 5) is 2.37. The van der Waals surface area contributed by atoms with Gasteiger partial charge in [-0.15, -0.1) is 0 Å². The number of nitriles is 1. The number of benzene rings is 1. The third kappa shape index (κ3) is 4.84. The molecule has 1 saturated carbocycles. The van der Waals surface area contributed by atoms with E-state index in [2.05, 4.69) is 36.4 Å². The first kappa shape index (κ1) is 16.0. The van der Waals surface area contributed by atoms with Gasteiger partial charge in [0.25, 0.3) is 0 Å². The normalized spacial score (nSPS) is 17.6. The summed E-state index contributed by atoms with van der Waals surface area (Å²) in [5.41, 5.74) is 1.93. The average molecular weight is 285 g/mol. The molecule has 3 heteroatoms. The first-order valence-electron chi connectivity index (χ1n) is 8.07. The fraction of sp³-hybridized carbons (Fsp3) is 0.611. The summed E-state index contributed by atoms with van der Waals surface area (Å²) in [5, 5.41) is 12.5. The molecule has 1 atom stereocenters. The maximum Gasteiger partial charge on any atom is 0.0991 e. The van der Waals surface area contributed by atoms with Gasteiger partial charge in [-0.05, 0) is 50.6 Å². The molecular weight excluding hydrogens is 258 g/mol. The van der Waals surface area contributed by atoms with Gasteiger partial charge in [-0.25, -0.2) is 0 Å². The van der Waals surface area contributed by atoms with E-state index in [1.807, 2.05) is 18.2 Å². The molecule has 21 heavy (non-hydrogen) atoms. The molecule has 1 fully saturated rings. The lowest BCUT2D eigenvalue weighted by Gasteiger charge is -2.35. The highest BCUT2D eigenvalue weighted by Gasteiger charge is 2.24. The number of nitrogens with zero attached hydrogens (tertiary/aromatic N) is 2. The highest BCUT2D eigenvalue weighted by molar-refractivity contribution is 5.32. The molecule has 0 amide bonds. The second kappa shape index (κ2) is 8.17. The highest BCUT2D eigenvalue weighted by Crippen LogP contribution is 2.28. The third-order valence-corrected chi connectivity index (χ3v) is 4.60. The van der Waals surface area contributed by atoms with Gasteiger partial charge in [-0.2, -0.15) is 5.26 Å². The van der Waals surface area contributed by atoms with Crippen molar-refractivity contribution in [3.05, 3.63) is 35.4 Å². The number of hydrogen-bond donors (Lipinski definition) is 1. The van der Waals surface area contributed by atoms with E-state index in [0.717, 1.165) is 24.6 Å². The Kier molecular flexibility index (Phi) is 6.22. The van der Waals surface area contributed by atoms with Crippen molar-refractivity contribution in [2.45, 2.75) is 44.7 Å². The summed E-state index contributed by atoms with van der Waals surface area (Å²) in [6.07, 6.45) is 6.92. The van der Waals surface area contributed by atoms with Crippen LogP contribution >= 0.6 is 0 Å². The summed E-state index contributed by atoms with van der Waals surface area (Å²) in [6.45, 7) is 1.86. The predicted molar refractivity (Wildman–Crippen MR) is 86.9 cm³/mol. The van der Waals surface area contributed by atoms with Gasteiger partial charge in [0, 0.05) is 19.1 Å². The van der Waals surface area contributed by atoms with Crippen LogP contribution in [0.15, 0.2) is 24.3 Å². The Hall–Kier alpha value is -1.37. The Labute approximate surface area is 129 Å². The van der Waals surface area contributed by atoms with Crippen LogP contribution in [-0.4, -0.2) is 31.6 Å². The van der Waals surface area contributed by atoms with E-state index in [1.165, 1.54) is 37.7 Å². The zero-order chi connectivity index (χ0) is 15.1. The van der Waals surface area contributed by atoms with E-state index >= 15 is 0 Å². The molecule has 2 rings (SSSR count). The summed E-state index contributed by atoms with van der Waals surface area (Å²) >= 11 is 0. The molecule has 1 unspecified atom stereocenters. The Bertz CT molecular complexity index is 470. The number of nitrogens with one attached hydrogen (secondary N) is 1. The van der Waals surface area contributed by atoms with Crippen LogP contribution in [0.1, 0.15) is 43.2 Å². The van der Waals surface area contributed by atoms with Crippen LogP contribution in [-0.2, 0) is 6.54 Å². The second-order valence-corrected chi connectivity index (χ2v) is 6.37. The largest absolute Gasteiger partial charge is 0.311 e. The van der Waals surface area contributed by atoms with Gasteiger partial charge in [0.1, 0.15) is 0 Å². The average Bonchev–Trinajstić information content (AvgIpc) is 2.52. The SMILES string of the molecule is CN(C)C(CNCc1cccc(C#N)c1)C1CCCCC1. The quantitative estimate of drug-likeness (QED) is 0.872. The van der Waals surface area contributed by atoms with E-state index in [9.17, 15) is 0 Å². The minimum absolute atomic E-state index is 0.615. The molecular formula is C18H27N3. The van der Waals surface area contributed by atoms with Crippen molar-refractivity contribution in [1.82, 2.24) is 10.2 Å². The lowest BCUT2D eigenvalue weighted by atomic mass is 9.83. The fourth-order valence-corrected chi connectivity index (χ4v) is 3.41. The minimum Gasteiger partial charge on any atom is -0.311 e. The molecule has 0 aromatic heterocycles. The lowest BCUT2D eigenvalue weighted by Crippen LogP contribution is -2.43. The van der Waals surface area contributed by atoms with Crippen LogP contribution in [0.4, 0.5) is 0 Å². The predicted octanol–water partition coefficient (Wildman–Crippen LogP) is 3.16. The molecule has 0 heterocycles. The maximum atomic E-state index is 8.94. The molecule has 0 saturated heterocycles. The second-order valence-electron chi connectivity index (χ2n) is 6.37. The van der Waals surface area contributed by atoms with Crippen LogP contribution in [0.2, 0.25) is 0 Å². The first-order chi connectivity index (χ1) is 10.2. The van der Waals surface area contributed by atoms with Gasteiger partial charge in [0.05, 0.1) is 11.6 Å². The van der Waals surface area contributed by atoms with Crippen molar-refractivity contribution in [2.75, 3.05) is 20.6 Å². The van der Waals surface area contributed by atoms with E-state index in [4.69, 9.17) is 5.26 Å². The van der Waals surface area contributed by atoms with Crippen LogP contribution < -0.4 is 5.32 Å². The standard InChI is InChI=1S/C18H27N3/c1-21(2)18(17-9-4-3-5-10-17)14-20-13-16-8-6-7-15(11-16)12-19/h6-8,11,17-18,20H,3-5,9-10,13-14H2,1-2H3. The van der Waals surface area contributed by atoms with Gasteiger partial charge in [0.15, 0.2) is 0 Å². The van der Waals surface area contributed by atoms with Gasteiger partial charge in [-0.1, -0.05) is 31.4 Å². The van der Waals surface area contributed by atoms with Gasteiger partial charge in [-0.3, -0.25) is 0 Å². The third-order valence-electron chi connectivity index (χ3n) is 4.60. The van der Waals surface area contributed by atoms with Gasteiger partial charge in [0.2, 0.25) is 0 Å². The number of likely N-dealkylation sites (N-methyl/N-ethyl adjacent to an activating group) is 1. The Balaban J connectivity index is 1.85. The molecule has 0 bridgehead atoms. The Morgan fingerprint density at radius 2 is 2.05 bits per heavy atom. The van der Waals surface area contributed by atoms with Crippen LogP contribution in [0, 0.1) is 17.2 Å². The highest BCUT2D eigenvalue weighted by atomic mass is 15.1. The van der Waals surface area contributed by atoms with Gasteiger partial charge >= 0.3 is 0 Å². The smallest absolute Gasteiger partial charge is 0.0991 e. The van der Waals surface area contributed by atoms with Gasteiger partial charge < -0.3 is 10.2 Å². The van der Waals surface area contributed by atoms with Crippen molar-refractivity contribution >= 4 is 0 Å². The van der Waals surface area contributed by atoms with E-state index < -0.39 is 0 Å². The number of hydrogen-bond acceptors (Lipinski definition) is 3. The fourth-order valence-electron chi connectivity index (χ4n) is 3.41. The Morgan fingerprint density at radius 1 is 1.29 bits per heavy atom. The van der Waals surface area contributed by atoms with Crippen molar-refractivity contribution in [1.29, 1.82) is 5.26 Å². The lowest BCUT2D eigenvalue weighted by molar-refractivity contribution is 0.166. The van der Waals surface area contributed by atoms with Crippen molar-refractivity contribution in [3.8, 4) is 6.07 Å². The molecule has 1 aromatic carbocycles. The molecule has 0 aliphatic heterocycles. The molecule has 1 N–H and O–H groups in total. The number of rotatable bonds is 6. The Morgan fingerprint density at radius 3 is 2.71 bits per heavy atom. The summed E-state index contributed by atoms with van der Waals surface area (Å²) in [5.74, 6) is 0.826. The van der Waals surface area contributed by atoms with Crippen LogP contribution in [0.25, 0.3) is 0 Å². The first-order valence-corrected chi connectivity index (χ1v) is 8.07. The molecule has 114 valence electrons. The maximum absolute atomic E-state index is 8.94. The monoisotopic (exact) mass is 285 g/mol. The van der Waals surface area contributed by atoms with E-state index in [1.54, 1.807) is 0 Å². The van der Waals surface area contributed by atoms with Crippen LogP contribution in [0.3, 0.4) is 0 Å². The van der Waals surface area contributed by atoms with E-state index in [0.29, 0.717) is 6.04 Å². The molecule has 3 nitrogen and oxygen atoms in total. The van der Waals surface area contributed by atoms with E-state index in [-0.39, 0.29) is 0 Å². The summed E-state index contributed by atoms with van der Waals surface area (Å²) in [7, 11) is 4.38. The summed E-state index contributed by atoms with van der Waals surface area (Å²) < 4.78 is 0. The zero-order valence-electron chi connectivity index (χ0n) is 13.3. The molecule has 1 aliphatic rings. The molecule has 1 aromatic rings. The van der Waals surface area contributed by atoms with Crippen LogP contribution in [0.5, 0.6) is 0 Å². The van der Waals surface area contributed by atoms with Crippen molar-refractivity contribution in [3.63, 3.8) is 0 Å². The van der Waals surface area contributed by atoms with Crippen molar-refractivity contribution in [2.24, 2.45) is 5.92 Å². The topological polar surface area (TPSA) is 39.1 Å². The summed E-state index contributed by atoms with van der Waals surface area (Å²) in [6, 6.07) is 10.7. The molecule has 1 aliphatic carbocycles. The molecule has 0 radical (unpaired) electrons. The minimum atomic E-state index is 0.615. The van der Waals surface area contributed by atoms with Crippen molar-refractivity contribution < 1.29 is 0 Å². The molecule has 0 spiro atoms.